The number of aromatic amines is 1. The van der Waals surface area contributed by atoms with E-state index in [0.29, 0.717) is 94.3 Å². The summed E-state index contributed by atoms with van der Waals surface area (Å²) in [7, 11) is 1.98. The summed E-state index contributed by atoms with van der Waals surface area (Å²) in [4.78, 5) is 112. The summed E-state index contributed by atoms with van der Waals surface area (Å²) in [6.07, 6.45) is 1.42. The smallest absolute Gasteiger partial charge is 0.375 e. The minimum Gasteiger partial charge on any atom is -0.375 e. The molecule has 6 amide bonds. The topological polar surface area (TPSA) is 217 Å². The van der Waals surface area contributed by atoms with Gasteiger partial charge in [0, 0.05) is 119 Å². The first-order valence-electron chi connectivity index (χ1n) is 23.6. The van der Waals surface area contributed by atoms with Gasteiger partial charge in [0.1, 0.15) is 11.9 Å². The number of piperazine rings is 2. The number of nitrogens with one attached hydrogen (secondary N) is 4. The molecule has 3 fully saturated rings. The lowest BCUT2D eigenvalue weighted by Crippen LogP contribution is -2.55. The summed E-state index contributed by atoms with van der Waals surface area (Å²) in [6, 6.07) is 6.75. The van der Waals surface area contributed by atoms with E-state index in [0.717, 1.165) is 16.7 Å². The maximum absolute atomic E-state index is 16.2. The number of rotatable bonds is 11. The summed E-state index contributed by atoms with van der Waals surface area (Å²) >= 11 is 0. The van der Waals surface area contributed by atoms with Crippen molar-refractivity contribution >= 4 is 64.0 Å². The molecule has 4 aromatic rings. The molecule has 5 aliphatic heterocycles. The third-order valence-electron chi connectivity index (χ3n) is 14.1. The van der Waals surface area contributed by atoms with Crippen molar-refractivity contribution in [1.82, 2.24) is 39.9 Å². The van der Waals surface area contributed by atoms with Gasteiger partial charge in [0.05, 0.1) is 40.2 Å². The van der Waals surface area contributed by atoms with Crippen LogP contribution < -0.4 is 31.3 Å². The minimum atomic E-state index is -4.99. The Labute approximate surface area is 410 Å². The Morgan fingerprint density at radius 1 is 0.861 bits per heavy atom. The number of piperidine rings is 1. The predicted molar refractivity (Wildman–Crippen MR) is 256 cm³/mol. The zero-order valence-electron chi connectivity index (χ0n) is 39.6. The first-order valence-corrected chi connectivity index (χ1v) is 23.6. The van der Waals surface area contributed by atoms with Crippen LogP contribution in [0.5, 0.6) is 0 Å². The van der Waals surface area contributed by atoms with E-state index in [1.807, 2.05) is 36.8 Å². The van der Waals surface area contributed by atoms with Gasteiger partial charge in [0.15, 0.2) is 0 Å². The summed E-state index contributed by atoms with van der Waals surface area (Å²) in [5.74, 6) is -3.90. The fourth-order valence-corrected chi connectivity index (χ4v) is 9.90. The number of H-pyrrole nitrogens is 1. The summed E-state index contributed by atoms with van der Waals surface area (Å²) in [6.45, 7) is 8.10. The number of hydrogen-bond acceptors (Lipinski definition) is 14. The van der Waals surface area contributed by atoms with Crippen molar-refractivity contribution in [2.45, 2.75) is 64.0 Å². The van der Waals surface area contributed by atoms with E-state index in [9.17, 15) is 46.7 Å². The van der Waals surface area contributed by atoms with Gasteiger partial charge in [-0.2, -0.15) is 13.2 Å². The van der Waals surface area contributed by atoms with Crippen LogP contribution in [0.15, 0.2) is 65.9 Å². The number of likely N-dealkylation sites (N-methyl/N-ethyl adjacent to an activating group) is 1. The Bertz CT molecular complexity index is 2930. The Morgan fingerprint density at radius 2 is 1.58 bits per heavy atom. The number of aromatic nitrogens is 3. The quantitative estimate of drug-likeness (QED) is 0.125. The Morgan fingerprint density at radius 3 is 2.25 bits per heavy atom. The van der Waals surface area contributed by atoms with E-state index >= 15 is 4.39 Å². The molecule has 3 atom stereocenters. The molecule has 0 spiro atoms. The standard InChI is InChI=1S/C49H52F4N12O7/c1-27-24-64(25-28(2)60(27)3)39-19-35(50)32(17-37(39)58-44(69)33-22-55-41(67)18-34(33)49(51,52)53)30-9-11-63(12-10-30)48-56-20-29(21-57-48)26-61-13-15-62(16-14-61)42(68)23-54-36-6-4-5-31-43(36)47(72)65(46(31)71)38-7-8-40(66)59-45(38)70/h4-6,9,17-22,27-28,38,54H,7-8,10-16,23-26H2,1-3H3,(H,55,67)(H,58,69)(H,59,66,70)/t27-,28+,38?. The molecule has 5 aliphatic rings. The van der Waals surface area contributed by atoms with Crippen LogP contribution in [0.1, 0.15) is 80.9 Å². The molecule has 3 saturated heterocycles. The molecule has 0 radical (unpaired) electrons. The van der Waals surface area contributed by atoms with Crippen molar-refractivity contribution in [1.29, 1.82) is 0 Å². The molecule has 2 aromatic carbocycles. The molecular weight excluding hydrogens is 945 g/mol. The zero-order valence-corrected chi connectivity index (χ0v) is 39.6. The molecule has 19 nitrogen and oxygen atoms in total. The molecule has 0 saturated carbocycles. The van der Waals surface area contributed by atoms with E-state index < -0.39 is 64.3 Å². The highest BCUT2D eigenvalue weighted by molar-refractivity contribution is 6.25. The van der Waals surface area contributed by atoms with Crippen molar-refractivity contribution in [3.8, 4) is 0 Å². The second-order valence-corrected chi connectivity index (χ2v) is 18.7. The van der Waals surface area contributed by atoms with Crippen LogP contribution in [-0.4, -0.2) is 154 Å². The van der Waals surface area contributed by atoms with E-state index in [2.05, 4.69) is 40.7 Å². The van der Waals surface area contributed by atoms with Crippen LogP contribution >= 0.6 is 0 Å². The average molecular weight is 997 g/mol. The molecule has 1 unspecified atom stereocenters. The number of amides is 6. The van der Waals surface area contributed by atoms with Gasteiger partial charge in [-0.3, -0.25) is 53.6 Å². The third kappa shape index (κ3) is 10.0. The van der Waals surface area contributed by atoms with Crippen molar-refractivity contribution in [3.05, 3.63) is 111 Å². The summed E-state index contributed by atoms with van der Waals surface area (Å²) in [5, 5.41) is 7.81. The monoisotopic (exact) mass is 996 g/mol. The SMILES string of the molecule is C[C@@H]1CN(c2cc(F)c(C3=CCN(c4ncc(CN5CCN(C(=O)CNc6cccc7c6C(=O)N(C6CCC(=O)NC6=O)C7=O)CC5)cn4)CC3)cc2NC(=O)c2c[nH]c(=O)cc2C(F)(F)F)C[C@H](C)N1C. The maximum atomic E-state index is 16.2. The van der Waals surface area contributed by atoms with Gasteiger partial charge in [-0.15, -0.1) is 0 Å². The Balaban J connectivity index is 0.805. The fourth-order valence-electron chi connectivity index (χ4n) is 9.90. The van der Waals surface area contributed by atoms with Gasteiger partial charge >= 0.3 is 6.18 Å². The largest absolute Gasteiger partial charge is 0.417 e. The van der Waals surface area contributed by atoms with E-state index in [1.54, 1.807) is 29.4 Å². The third-order valence-corrected chi connectivity index (χ3v) is 14.1. The van der Waals surface area contributed by atoms with Crippen molar-refractivity contribution in [2.75, 3.05) is 86.4 Å². The highest BCUT2D eigenvalue weighted by atomic mass is 19.4. The second kappa shape index (κ2) is 19.9. The number of nitrogens with zero attached hydrogens (tertiary/aromatic N) is 8. The number of hydrogen-bond donors (Lipinski definition) is 4. The zero-order chi connectivity index (χ0) is 51.2. The Hall–Kier alpha value is -7.53. The van der Waals surface area contributed by atoms with Crippen LogP contribution in [0.2, 0.25) is 0 Å². The number of carbonyl (C=O) groups is 6. The molecule has 2 aromatic heterocycles. The number of halogens is 4. The molecule has 378 valence electrons. The van der Waals surface area contributed by atoms with Gasteiger partial charge in [-0.1, -0.05) is 12.1 Å². The molecule has 7 heterocycles. The number of alkyl halides is 3. The average Bonchev–Trinajstić information content (AvgIpc) is 3.61. The van der Waals surface area contributed by atoms with Gasteiger partial charge in [0.2, 0.25) is 29.2 Å². The lowest BCUT2D eigenvalue weighted by atomic mass is 9.97. The van der Waals surface area contributed by atoms with E-state index in [4.69, 9.17) is 0 Å². The van der Waals surface area contributed by atoms with Crippen LogP contribution in [0.3, 0.4) is 0 Å². The van der Waals surface area contributed by atoms with Gasteiger partial charge in [-0.25, -0.2) is 14.4 Å². The molecule has 9 rings (SSSR count). The number of fused-ring (bicyclic) bond motifs is 1. The molecular formula is C49H52F4N12O7. The van der Waals surface area contributed by atoms with Crippen molar-refractivity contribution < 1.29 is 46.3 Å². The lowest BCUT2D eigenvalue weighted by molar-refractivity contribution is -0.138. The Kier molecular flexibility index (Phi) is 13.7. The second-order valence-electron chi connectivity index (χ2n) is 18.7. The van der Waals surface area contributed by atoms with Crippen LogP contribution in [0, 0.1) is 5.82 Å². The number of carbonyl (C=O) groups excluding carboxylic acids is 6. The highest BCUT2D eigenvalue weighted by Gasteiger charge is 2.46. The van der Waals surface area contributed by atoms with Gasteiger partial charge in [0.25, 0.3) is 17.7 Å². The minimum absolute atomic E-state index is 0.000602. The molecule has 0 bridgehead atoms. The van der Waals surface area contributed by atoms with Crippen LogP contribution in [0.4, 0.5) is 40.6 Å². The predicted octanol–water partition coefficient (Wildman–Crippen LogP) is 3.56. The van der Waals surface area contributed by atoms with Crippen LogP contribution in [-0.2, 0) is 27.1 Å². The molecule has 23 heteroatoms. The highest BCUT2D eigenvalue weighted by Crippen LogP contribution is 2.38. The summed E-state index contributed by atoms with van der Waals surface area (Å²) < 4.78 is 58.2. The van der Waals surface area contributed by atoms with Crippen molar-refractivity contribution in [2.24, 2.45) is 0 Å². The lowest BCUT2D eigenvalue weighted by Gasteiger charge is -2.44. The van der Waals surface area contributed by atoms with Crippen molar-refractivity contribution in [3.63, 3.8) is 0 Å². The van der Waals surface area contributed by atoms with Crippen LogP contribution in [0.25, 0.3) is 5.57 Å². The summed E-state index contributed by atoms with van der Waals surface area (Å²) in [5.41, 5.74) is -0.609. The molecule has 72 heavy (non-hydrogen) atoms. The normalized spacial score (nSPS) is 21.2. The molecule has 0 aliphatic carbocycles. The first-order chi connectivity index (χ1) is 34.3. The first kappa shape index (κ1) is 49.5. The maximum Gasteiger partial charge on any atom is 0.417 e. The number of pyridine rings is 1. The van der Waals surface area contributed by atoms with Gasteiger partial charge in [-0.05, 0) is 63.6 Å². The number of imide groups is 2. The van der Waals surface area contributed by atoms with Gasteiger partial charge < -0.3 is 30.3 Å². The number of anilines is 4. The fraction of sp³-hybridized carbons (Fsp3) is 0.408. The molecule has 4 N–H and O–H groups in total. The number of benzene rings is 2. The van der Waals surface area contributed by atoms with E-state index in [-0.39, 0.29) is 59.8 Å². The van der Waals surface area contributed by atoms with E-state index in [1.165, 1.54) is 18.2 Å².